The minimum absolute atomic E-state index is 0.0223. The van der Waals surface area contributed by atoms with Gasteiger partial charge >= 0.3 is 5.97 Å². The first-order valence-electron chi connectivity index (χ1n) is 5.64. The van der Waals surface area contributed by atoms with Gasteiger partial charge in [0.15, 0.2) is 0 Å². The third-order valence-corrected chi connectivity index (χ3v) is 2.48. The molecule has 90 valence electrons. The van der Waals surface area contributed by atoms with E-state index in [-0.39, 0.29) is 24.7 Å². The molecule has 0 rings (SSSR count). The molecule has 15 heavy (non-hydrogen) atoms. The Hall–Kier alpha value is -0.610. The average Bonchev–Trinajstić information content (AvgIpc) is 2.28. The molecular formula is C11H23NO3. The van der Waals surface area contributed by atoms with E-state index < -0.39 is 0 Å². The number of hydrogen-bond donors (Lipinski definition) is 2. The van der Waals surface area contributed by atoms with Crippen LogP contribution in [0.3, 0.4) is 0 Å². The molecule has 2 N–H and O–H groups in total. The quantitative estimate of drug-likeness (QED) is 0.597. The van der Waals surface area contributed by atoms with Crippen LogP contribution in [-0.2, 0) is 9.53 Å². The summed E-state index contributed by atoms with van der Waals surface area (Å²) in [6.07, 6.45) is 3.59. The summed E-state index contributed by atoms with van der Waals surface area (Å²) in [5.74, 6) is -0.240. The van der Waals surface area contributed by atoms with Gasteiger partial charge in [-0.05, 0) is 12.8 Å². The van der Waals surface area contributed by atoms with Crippen LogP contribution in [-0.4, -0.2) is 36.9 Å². The van der Waals surface area contributed by atoms with Crippen molar-refractivity contribution < 1.29 is 14.6 Å². The zero-order valence-corrected chi connectivity index (χ0v) is 9.95. The molecule has 0 saturated heterocycles. The van der Waals surface area contributed by atoms with E-state index in [2.05, 4.69) is 12.2 Å². The molecule has 4 heteroatoms. The van der Waals surface area contributed by atoms with E-state index in [9.17, 15) is 4.79 Å². The zero-order chi connectivity index (χ0) is 11.7. The van der Waals surface area contributed by atoms with E-state index >= 15 is 0 Å². The van der Waals surface area contributed by atoms with Crippen molar-refractivity contribution in [1.82, 2.24) is 5.32 Å². The van der Waals surface area contributed by atoms with Crippen LogP contribution in [0.1, 0.15) is 39.5 Å². The first-order chi connectivity index (χ1) is 7.19. The fourth-order valence-electron chi connectivity index (χ4n) is 1.40. The van der Waals surface area contributed by atoms with Crippen LogP contribution in [0.2, 0.25) is 0 Å². The predicted octanol–water partition coefficient (Wildman–Crippen LogP) is 1.08. The van der Waals surface area contributed by atoms with Crippen LogP contribution in [0.15, 0.2) is 0 Å². The highest BCUT2D eigenvalue weighted by atomic mass is 16.5. The van der Waals surface area contributed by atoms with Crippen molar-refractivity contribution in [2.45, 2.75) is 51.6 Å². The maximum Gasteiger partial charge on any atom is 0.322 e. The Bertz CT molecular complexity index is 169. The fourth-order valence-corrected chi connectivity index (χ4v) is 1.40. The highest BCUT2D eigenvalue weighted by molar-refractivity contribution is 5.75. The van der Waals surface area contributed by atoms with Crippen LogP contribution >= 0.6 is 0 Å². The molecule has 0 radical (unpaired) electrons. The van der Waals surface area contributed by atoms with Gasteiger partial charge in [-0.15, -0.1) is 0 Å². The molecule has 0 aromatic rings. The SMILES string of the molecule is CCCCC(NC(CC)CO)C(=O)OC. The average molecular weight is 217 g/mol. The summed E-state index contributed by atoms with van der Waals surface area (Å²) in [7, 11) is 1.39. The molecule has 2 unspecified atom stereocenters. The number of unbranched alkanes of at least 4 members (excludes halogenated alkanes) is 1. The van der Waals surface area contributed by atoms with E-state index in [4.69, 9.17) is 9.84 Å². The monoisotopic (exact) mass is 217 g/mol. The number of aliphatic hydroxyl groups is 1. The number of carbonyl (C=O) groups is 1. The first kappa shape index (κ1) is 14.4. The summed E-state index contributed by atoms with van der Waals surface area (Å²) in [5, 5.41) is 12.2. The van der Waals surface area contributed by atoms with E-state index in [0.717, 1.165) is 25.7 Å². The number of rotatable bonds is 8. The Balaban J connectivity index is 4.15. The molecule has 0 aromatic carbocycles. The second-order valence-corrected chi connectivity index (χ2v) is 3.67. The molecular weight excluding hydrogens is 194 g/mol. The van der Waals surface area contributed by atoms with Gasteiger partial charge in [0.2, 0.25) is 0 Å². The minimum Gasteiger partial charge on any atom is -0.468 e. The summed E-state index contributed by atoms with van der Waals surface area (Å²) in [6.45, 7) is 4.11. The van der Waals surface area contributed by atoms with Gasteiger partial charge < -0.3 is 9.84 Å². The number of ether oxygens (including phenoxy) is 1. The van der Waals surface area contributed by atoms with Crippen LogP contribution < -0.4 is 5.32 Å². The van der Waals surface area contributed by atoms with Crippen molar-refractivity contribution in [3.8, 4) is 0 Å². The smallest absolute Gasteiger partial charge is 0.322 e. The third kappa shape index (κ3) is 5.74. The van der Waals surface area contributed by atoms with Gasteiger partial charge in [-0.25, -0.2) is 0 Å². The second-order valence-electron chi connectivity index (χ2n) is 3.67. The summed E-state index contributed by atoms with van der Waals surface area (Å²) < 4.78 is 4.72. The Kier molecular flexibility index (Phi) is 8.33. The van der Waals surface area contributed by atoms with Crippen LogP contribution in [0.5, 0.6) is 0 Å². The lowest BCUT2D eigenvalue weighted by molar-refractivity contribution is -0.143. The summed E-state index contributed by atoms with van der Waals surface area (Å²) >= 11 is 0. The number of nitrogens with one attached hydrogen (secondary N) is 1. The molecule has 0 bridgehead atoms. The number of methoxy groups -OCH3 is 1. The van der Waals surface area contributed by atoms with Gasteiger partial charge in [0.25, 0.3) is 0 Å². The highest BCUT2D eigenvalue weighted by Gasteiger charge is 2.20. The second kappa shape index (κ2) is 8.68. The van der Waals surface area contributed by atoms with Crippen molar-refractivity contribution in [2.24, 2.45) is 0 Å². The maximum atomic E-state index is 11.4. The minimum atomic E-state index is -0.285. The van der Waals surface area contributed by atoms with Crippen LogP contribution in [0.4, 0.5) is 0 Å². The Morgan fingerprint density at radius 2 is 2.13 bits per heavy atom. The van der Waals surface area contributed by atoms with Crippen molar-refractivity contribution in [3.63, 3.8) is 0 Å². The molecule has 4 nitrogen and oxygen atoms in total. The standard InChI is InChI=1S/C11H23NO3/c1-4-6-7-10(11(14)15-3)12-9(5-2)8-13/h9-10,12-13H,4-8H2,1-3H3. The molecule has 2 atom stereocenters. The summed E-state index contributed by atoms with van der Waals surface area (Å²) in [4.78, 5) is 11.4. The van der Waals surface area contributed by atoms with Crippen molar-refractivity contribution in [1.29, 1.82) is 0 Å². The lowest BCUT2D eigenvalue weighted by Crippen LogP contribution is -2.45. The van der Waals surface area contributed by atoms with Gasteiger partial charge in [0, 0.05) is 6.04 Å². The van der Waals surface area contributed by atoms with E-state index in [1.807, 2.05) is 6.92 Å². The van der Waals surface area contributed by atoms with E-state index in [1.54, 1.807) is 0 Å². The topological polar surface area (TPSA) is 58.6 Å². The van der Waals surface area contributed by atoms with Crippen LogP contribution in [0.25, 0.3) is 0 Å². The van der Waals surface area contributed by atoms with Crippen molar-refractivity contribution in [2.75, 3.05) is 13.7 Å². The first-order valence-corrected chi connectivity index (χ1v) is 5.64. The number of aliphatic hydroxyl groups excluding tert-OH is 1. The van der Waals surface area contributed by atoms with Gasteiger partial charge in [-0.3, -0.25) is 10.1 Å². The molecule has 0 saturated carbocycles. The largest absolute Gasteiger partial charge is 0.468 e. The lowest BCUT2D eigenvalue weighted by atomic mass is 10.1. The molecule has 0 fully saturated rings. The van der Waals surface area contributed by atoms with E-state index in [0.29, 0.717) is 0 Å². The predicted molar refractivity (Wildman–Crippen MR) is 59.6 cm³/mol. The molecule has 0 aliphatic rings. The van der Waals surface area contributed by atoms with Gasteiger partial charge in [-0.2, -0.15) is 0 Å². The maximum absolute atomic E-state index is 11.4. The molecule has 0 amide bonds. The van der Waals surface area contributed by atoms with Crippen molar-refractivity contribution >= 4 is 5.97 Å². The number of hydrogen-bond acceptors (Lipinski definition) is 4. The van der Waals surface area contributed by atoms with Gasteiger partial charge in [0.05, 0.1) is 13.7 Å². The van der Waals surface area contributed by atoms with Gasteiger partial charge in [-0.1, -0.05) is 26.7 Å². The third-order valence-electron chi connectivity index (χ3n) is 2.48. The Morgan fingerprint density at radius 1 is 1.47 bits per heavy atom. The lowest BCUT2D eigenvalue weighted by Gasteiger charge is -2.21. The van der Waals surface area contributed by atoms with Crippen LogP contribution in [0, 0.1) is 0 Å². The highest BCUT2D eigenvalue weighted by Crippen LogP contribution is 2.04. The molecule has 0 heterocycles. The molecule has 0 aliphatic heterocycles. The number of esters is 1. The van der Waals surface area contributed by atoms with E-state index in [1.165, 1.54) is 7.11 Å². The summed E-state index contributed by atoms with van der Waals surface area (Å²) in [6, 6.07) is -0.307. The van der Waals surface area contributed by atoms with Crippen molar-refractivity contribution in [3.05, 3.63) is 0 Å². The molecule has 0 spiro atoms. The summed E-state index contributed by atoms with van der Waals surface area (Å²) in [5.41, 5.74) is 0. The molecule has 0 aromatic heterocycles. The Morgan fingerprint density at radius 3 is 2.53 bits per heavy atom. The Labute approximate surface area is 92.0 Å². The van der Waals surface area contributed by atoms with Gasteiger partial charge in [0.1, 0.15) is 6.04 Å². The number of carbonyl (C=O) groups excluding carboxylic acids is 1. The molecule has 0 aliphatic carbocycles. The normalized spacial score (nSPS) is 14.7. The fraction of sp³-hybridized carbons (Fsp3) is 0.909. The zero-order valence-electron chi connectivity index (χ0n) is 9.95.